The van der Waals surface area contributed by atoms with Crippen LogP contribution < -0.4 is 5.32 Å². The zero-order valence-electron chi connectivity index (χ0n) is 18.2. The van der Waals surface area contributed by atoms with E-state index in [0.717, 1.165) is 28.8 Å². The molecule has 0 aromatic heterocycles. The van der Waals surface area contributed by atoms with E-state index in [1.54, 1.807) is 0 Å². The van der Waals surface area contributed by atoms with Gasteiger partial charge in [0, 0.05) is 17.1 Å². The van der Waals surface area contributed by atoms with Crippen molar-refractivity contribution in [2.45, 2.75) is 72.0 Å². The van der Waals surface area contributed by atoms with Gasteiger partial charge in [0.25, 0.3) is 5.91 Å². The van der Waals surface area contributed by atoms with E-state index < -0.39 is 0 Å². The van der Waals surface area contributed by atoms with Crippen molar-refractivity contribution < 1.29 is 4.79 Å². The number of likely N-dealkylation sites (tertiary alicyclic amines) is 1. The summed E-state index contributed by atoms with van der Waals surface area (Å²) in [5.41, 5.74) is 5.04. The SMILES string of the molecule is Cc1cc(C)c(C(=O)NC(c2ccccc2)C(C)(C)N2CCCC2C)c(C)c1. The van der Waals surface area contributed by atoms with Gasteiger partial charge >= 0.3 is 0 Å². The van der Waals surface area contributed by atoms with Gasteiger partial charge in [-0.3, -0.25) is 9.69 Å². The molecule has 0 spiro atoms. The molecule has 1 N–H and O–H groups in total. The first-order valence-electron chi connectivity index (χ1n) is 10.4. The second-order valence-corrected chi connectivity index (χ2v) is 8.93. The summed E-state index contributed by atoms with van der Waals surface area (Å²) >= 11 is 0. The quantitative estimate of drug-likeness (QED) is 0.761. The van der Waals surface area contributed by atoms with E-state index >= 15 is 0 Å². The van der Waals surface area contributed by atoms with Crippen LogP contribution in [0.15, 0.2) is 42.5 Å². The van der Waals surface area contributed by atoms with Crippen LogP contribution in [-0.4, -0.2) is 28.9 Å². The van der Waals surface area contributed by atoms with Gasteiger partial charge in [-0.05, 0) is 77.6 Å². The van der Waals surface area contributed by atoms with Gasteiger partial charge in [-0.1, -0.05) is 48.0 Å². The standard InChI is InChI=1S/C25H34N2O/c1-17-15-18(2)22(19(3)16-17)24(28)26-23(21-12-8-7-9-13-21)25(5,6)27-14-10-11-20(27)4/h7-9,12-13,15-16,20,23H,10-11,14H2,1-6H3,(H,26,28). The smallest absolute Gasteiger partial charge is 0.252 e. The van der Waals surface area contributed by atoms with Crippen molar-refractivity contribution in [2.75, 3.05) is 6.54 Å². The van der Waals surface area contributed by atoms with Crippen molar-refractivity contribution in [3.05, 3.63) is 70.3 Å². The number of carbonyl (C=O) groups is 1. The van der Waals surface area contributed by atoms with Gasteiger partial charge < -0.3 is 5.32 Å². The summed E-state index contributed by atoms with van der Waals surface area (Å²) < 4.78 is 0. The Balaban J connectivity index is 1.98. The van der Waals surface area contributed by atoms with Crippen LogP contribution >= 0.6 is 0 Å². The highest BCUT2D eigenvalue weighted by Gasteiger charge is 2.41. The highest BCUT2D eigenvalue weighted by atomic mass is 16.1. The molecule has 2 aromatic rings. The molecule has 1 amide bonds. The monoisotopic (exact) mass is 378 g/mol. The van der Waals surface area contributed by atoms with Gasteiger partial charge in [-0.25, -0.2) is 0 Å². The highest BCUT2D eigenvalue weighted by Crippen LogP contribution is 2.36. The fourth-order valence-electron chi connectivity index (χ4n) is 5.01. The first-order valence-corrected chi connectivity index (χ1v) is 10.4. The van der Waals surface area contributed by atoms with E-state index in [2.05, 4.69) is 74.3 Å². The zero-order chi connectivity index (χ0) is 20.5. The molecule has 1 aliphatic rings. The first-order chi connectivity index (χ1) is 13.2. The molecule has 0 saturated carbocycles. The van der Waals surface area contributed by atoms with Crippen molar-refractivity contribution >= 4 is 5.91 Å². The number of rotatable bonds is 5. The Hall–Kier alpha value is -2.13. The predicted octanol–water partition coefficient (Wildman–Crippen LogP) is 5.35. The number of benzene rings is 2. The molecule has 0 bridgehead atoms. The molecular formula is C25H34N2O. The van der Waals surface area contributed by atoms with E-state index in [1.807, 2.05) is 19.9 Å². The maximum atomic E-state index is 13.4. The van der Waals surface area contributed by atoms with Crippen molar-refractivity contribution in [3.8, 4) is 0 Å². The molecule has 28 heavy (non-hydrogen) atoms. The minimum Gasteiger partial charge on any atom is -0.343 e. The third-order valence-corrected chi connectivity index (χ3v) is 6.31. The molecule has 0 radical (unpaired) electrons. The molecule has 2 unspecified atom stereocenters. The molecule has 3 heteroatoms. The molecule has 2 atom stereocenters. The first kappa shape index (κ1) is 20.6. The number of nitrogens with one attached hydrogen (secondary N) is 1. The van der Waals surface area contributed by atoms with Gasteiger partial charge in [0.2, 0.25) is 0 Å². The largest absolute Gasteiger partial charge is 0.343 e. The summed E-state index contributed by atoms with van der Waals surface area (Å²) in [4.78, 5) is 16.0. The highest BCUT2D eigenvalue weighted by molar-refractivity contribution is 5.97. The minimum atomic E-state index is -0.181. The molecule has 1 aliphatic heterocycles. The van der Waals surface area contributed by atoms with E-state index in [4.69, 9.17) is 0 Å². The number of nitrogens with zero attached hydrogens (tertiary/aromatic N) is 1. The number of aryl methyl sites for hydroxylation is 3. The summed E-state index contributed by atoms with van der Waals surface area (Å²) in [5, 5.41) is 3.41. The lowest BCUT2D eigenvalue weighted by atomic mass is 9.85. The van der Waals surface area contributed by atoms with Crippen LogP contribution in [0.3, 0.4) is 0 Å². The molecule has 1 saturated heterocycles. The second kappa shape index (κ2) is 8.08. The van der Waals surface area contributed by atoms with Crippen molar-refractivity contribution in [1.29, 1.82) is 0 Å². The van der Waals surface area contributed by atoms with Crippen molar-refractivity contribution in [1.82, 2.24) is 10.2 Å². The number of hydrogen-bond acceptors (Lipinski definition) is 2. The Labute approximate surface area is 170 Å². The van der Waals surface area contributed by atoms with E-state index in [1.165, 1.54) is 18.4 Å². The number of amides is 1. The topological polar surface area (TPSA) is 32.3 Å². The van der Waals surface area contributed by atoms with E-state index in [0.29, 0.717) is 6.04 Å². The third kappa shape index (κ3) is 4.00. The molecule has 3 rings (SSSR count). The second-order valence-electron chi connectivity index (χ2n) is 8.93. The van der Waals surface area contributed by atoms with Crippen molar-refractivity contribution in [3.63, 3.8) is 0 Å². The maximum absolute atomic E-state index is 13.4. The normalized spacial score (nSPS) is 18.9. The lowest BCUT2D eigenvalue weighted by molar-refractivity contribution is 0.0632. The summed E-state index contributed by atoms with van der Waals surface area (Å²) in [6.45, 7) is 14.0. The van der Waals surface area contributed by atoms with Crippen LogP contribution in [0.4, 0.5) is 0 Å². The van der Waals surface area contributed by atoms with Gasteiger partial charge in [0.1, 0.15) is 0 Å². The van der Waals surface area contributed by atoms with E-state index in [9.17, 15) is 4.79 Å². The van der Waals surface area contributed by atoms with Crippen LogP contribution in [0.1, 0.15) is 72.3 Å². The average Bonchev–Trinajstić information content (AvgIpc) is 3.06. The van der Waals surface area contributed by atoms with Crippen LogP contribution in [-0.2, 0) is 0 Å². The summed E-state index contributed by atoms with van der Waals surface area (Å²) in [5.74, 6) is 0.0174. The maximum Gasteiger partial charge on any atom is 0.252 e. The molecule has 0 aliphatic carbocycles. The fraction of sp³-hybridized carbons (Fsp3) is 0.480. The van der Waals surface area contributed by atoms with Gasteiger partial charge in [-0.15, -0.1) is 0 Å². The summed E-state index contributed by atoms with van der Waals surface area (Å²) in [7, 11) is 0. The Bertz CT molecular complexity index is 818. The summed E-state index contributed by atoms with van der Waals surface area (Å²) in [6, 6.07) is 15.0. The van der Waals surface area contributed by atoms with Crippen LogP contribution in [0.5, 0.6) is 0 Å². The average molecular weight is 379 g/mol. The number of carbonyl (C=O) groups excluding carboxylic acids is 1. The Morgan fingerprint density at radius 3 is 2.25 bits per heavy atom. The molecule has 150 valence electrons. The molecule has 2 aromatic carbocycles. The molecule has 1 fully saturated rings. The molecule has 3 nitrogen and oxygen atoms in total. The molecular weight excluding hydrogens is 344 g/mol. The van der Waals surface area contributed by atoms with Crippen LogP contribution in [0.25, 0.3) is 0 Å². The lowest BCUT2D eigenvalue weighted by Crippen LogP contribution is -2.55. The van der Waals surface area contributed by atoms with E-state index in [-0.39, 0.29) is 17.5 Å². The van der Waals surface area contributed by atoms with Crippen molar-refractivity contribution in [2.24, 2.45) is 0 Å². The zero-order valence-corrected chi connectivity index (χ0v) is 18.2. The van der Waals surface area contributed by atoms with Gasteiger partial charge in [0.05, 0.1) is 6.04 Å². The lowest BCUT2D eigenvalue weighted by Gasteiger charge is -2.45. The Kier molecular flexibility index (Phi) is 5.95. The number of hydrogen-bond donors (Lipinski definition) is 1. The predicted molar refractivity (Wildman–Crippen MR) is 117 cm³/mol. The Morgan fingerprint density at radius 2 is 1.71 bits per heavy atom. The third-order valence-electron chi connectivity index (χ3n) is 6.31. The summed E-state index contributed by atoms with van der Waals surface area (Å²) in [6.07, 6.45) is 2.44. The van der Waals surface area contributed by atoms with Gasteiger partial charge in [0.15, 0.2) is 0 Å². The van der Waals surface area contributed by atoms with Crippen LogP contribution in [0.2, 0.25) is 0 Å². The fourth-order valence-corrected chi connectivity index (χ4v) is 5.01. The molecule has 1 heterocycles. The van der Waals surface area contributed by atoms with Crippen LogP contribution in [0, 0.1) is 20.8 Å². The van der Waals surface area contributed by atoms with Gasteiger partial charge in [-0.2, -0.15) is 0 Å². The Morgan fingerprint density at radius 1 is 1.11 bits per heavy atom. The minimum absolute atomic E-state index is 0.0174.